The number of carbonyl (C=O) groups is 7. The predicted octanol–water partition coefficient (Wildman–Crippen LogP) is 2.87. The number of ketones is 1. The molecule has 0 saturated carbocycles. The van der Waals surface area contributed by atoms with E-state index in [1.165, 1.54) is 43.1 Å². The van der Waals surface area contributed by atoms with E-state index in [4.69, 9.17) is 35.0 Å². The standard InChI is InChI=1S/C22H18N4O6.C15H13N3O4.C6H6BrNO.CO2/c1-11(27)15-5-6-17-16(23-15)8-18(32-17)22(20(29)24-21(30)25-22)10-26-9-12-3-4-13(31-2)7-14(12)19(26)28;1-3-15(13(20)16-14(21)17-15)8-18-7-9-4-5-10(22-2)6-11(9)12(18)19;1-4-2-3-5(9)6(7)8-4;2-1-3/h3-8H,9-10H2,1-2H3,(H2,24,25,29,30);1,4-6H,7-8H2,2H3,(H2,16,17,20,21);2-3,9H,1H3;/t22-;15-;;/m01../s1. The zero-order valence-electron chi connectivity index (χ0n) is 35.3. The summed E-state index contributed by atoms with van der Waals surface area (Å²) in [6, 6.07) is 17.0. The van der Waals surface area contributed by atoms with E-state index in [1.807, 2.05) is 6.92 Å². The van der Waals surface area contributed by atoms with Crippen LogP contribution in [-0.2, 0) is 37.8 Å². The van der Waals surface area contributed by atoms with Gasteiger partial charge in [0.05, 0.1) is 27.3 Å². The van der Waals surface area contributed by atoms with Gasteiger partial charge < -0.3 is 39.4 Å². The number of aromatic hydroxyl groups is 1. The topological polar surface area (TPSA) is 286 Å². The number of carbonyl (C=O) groups excluding carboxylic acids is 9. The lowest BCUT2D eigenvalue weighted by Gasteiger charge is -2.28. The number of fused-ring (bicyclic) bond motifs is 3. The third-order valence-electron chi connectivity index (χ3n) is 10.5. The minimum Gasteiger partial charge on any atom is -0.505 e. The maximum absolute atomic E-state index is 13.1. The van der Waals surface area contributed by atoms with Crippen molar-refractivity contribution in [2.45, 2.75) is 38.0 Å². The fourth-order valence-electron chi connectivity index (χ4n) is 7.22. The van der Waals surface area contributed by atoms with Crippen LogP contribution in [0.1, 0.15) is 60.7 Å². The number of hydrogen-bond donors (Lipinski definition) is 5. The van der Waals surface area contributed by atoms with Gasteiger partial charge in [0.15, 0.2) is 22.4 Å². The number of nitrogens with one attached hydrogen (secondary N) is 4. The molecule has 338 valence electrons. The number of ether oxygens (including phenoxy) is 2. The van der Waals surface area contributed by atoms with Gasteiger partial charge in [-0.1, -0.05) is 18.1 Å². The lowest BCUT2D eigenvalue weighted by molar-refractivity contribution is -0.191. The van der Waals surface area contributed by atoms with Gasteiger partial charge in [-0.15, -0.1) is 6.42 Å². The molecule has 3 aromatic heterocycles. The number of aryl methyl sites for hydroxylation is 1. The first-order valence-electron chi connectivity index (χ1n) is 19.3. The van der Waals surface area contributed by atoms with E-state index < -0.39 is 35.0 Å². The number of hydrogen-bond acceptors (Lipinski definition) is 15. The Kier molecular flexibility index (Phi) is 13.7. The highest BCUT2D eigenvalue weighted by molar-refractivity contribution is 9.10. The third kappa shape index (κ3) is 9.42. The van der Waals surface area contributed by atoms with E-state index in [1.54, 1.807) is 54.6 Å². The number of benzene rings is 2. The molecule has 2 atom stereocenters. The van der Waals surface area contributed by atoms with Crippen LogP contribution in [0.4, 0.5) is 9.59 Å². The van der Waals surface area contributed by atoms with Gasteiger partial charge in [-0.3, -0.25) is 34.6 Å². The average molecular weight is 966 g/mol. The molecular weight excluding hydrogens is 928 g/mol. The fourth-order valence-corrected chi connectivity index (χ4v) is 7.63. The van der Waals surface area contributed by atoms with E-state index in [2.05, 4.69) is 53.1 Å². The Balaban J connectivity index is 0.000000182. The summed E-state index contributed by atoms with van der Waals surface area (Å²) < 4.78 is 16.7. The van der Waals surface area contributed by atoms with Crippen LogP contribution in [0.25, 0.3) is 11.1 Å². The number of furan rings is 1. The number of methoxy groups -OCH3 is 2. The van der Waals surface area contributed by atoms with Crippen LogP contribution in [-0.4, -0.2) is 105 Å². The van der Waals surface area contributed by atoms with Gasteiger partial charge in [0.25, 0.3) is 23.6 Å². The molecule has 21 nitrogen and oxygen atoms in total. The van der Waals surface area contributed by atoms with E-state index in [9.17, 15) is 33.6 Å². The zero-order chi connectivity index (χ0) is 48.1. The summed E-state index contributed by atoms with van der Waals surface area (Å²) >= 11 is 3.08. The lowest BCUT2D eigenvalue weighted by Crippen LogP contribution is -2.54. The largest absolute Gasteiger partial charge is 0.505 e. The van der Waals surface area contributed by atoms with Crippen molar-refractivity contribution in [3.05, 3.63) is 111 Å². The van der Waals surface area contributed by atoms with Crippen LogP contribution < -0.4 is 30.7 Å². The van der Waals surface area contributed by atoms with Gasteiger partial charge in [0, 0.05) is 42.9 Å². The first-order chi connectivity index (χ1) is 31.4. The molecule has 7 heterocycles. The maximum atomic E-state index is 13.1. The Bertz CT molecular complexity index is 2920. The fraction of sp³-hybridized carbons (Fsp3) is 0.227. The number of terminal acetylenes is 1. The Hall–Kier alpha value is -8.41. The van der Waals surface area contributed by atoms with E-state index in [0.717, 1.165) is 16.8 Å². The minimum atomic E-state index is -1.64. The molecule has 2 fully saturated rings. The number of imide groups is 2. The highest BCUT2D eigenvalue weighted by Crippen LogP contribution is 2.35. The number of urea groups is 2. The lowest BCUT2D eigenvalue weighted by atomic mass is 9.95. The maximum Gasteiger partial charge on any atom is 0.373 e. The average Bonchev–Trinajstić information content (AvgIpc) is 4.08. The Morgan fingerprint density at radius 2 is 1.38 bits per heavy atom. The molecule has 9 rings (SSSR count). The van der Waals surface area contributed by atoms with Crippen molar-refractivity contribution in [1.82, 2.24) is 41.0 Å². The summed E-state index contributed by atoms with van der Waals surface area (Å²) in [4.78, 5) is 113. The molecule has 66 heavy (non-hydrogen) atoms. The number of amides is 8. The Morgan fingerprint density at radius 1 is 0.818 bits per heavy atom. The molecule has 4 aliphatic rings. The second-order valence-corrected chi connectivity index (χ2v) is 15.5. The molecular formula is C44H37BrN8O13. The summed E-state index contributed by atoms with van der Waals surface area (Å²) in [5.41, 5.74) is 1.27. The van der Waals surface area contributed by atoms with E-state index in [0.29, 0.717) is 44.9 Å². The molecule has 0 unspecified atom stereocenters. The van der Waals surface area contributed by atoms with Gasteiger partial charge in [-0.05, 0) is 82.5 Å². The monoisotopic (exact) mass is 964 g/mol. The molecule has 0 aliphatic carbocycles. The molecule has 5 N–H and O–H groups in total. The van der Waals surface area contributed by atoms with Crippen molar-refractivity contribution in [3.8, 4) is 29.6 Å². The zero-order valence-corrected chi connectivity index (χ0v) is 36.9. The van der Waals surface area contributed by atoms with Crippen LogP contribution in [0.5, 0.6) is 17.2 Å². The Morgan fingerprint density at radius 3 is 1.85 bits per heavy atom. The summed E-state index contributed by atoms with van der Waals surface area (Å²) in [7, 11) is 3.03. The molecule has 0 spiro atoms. The van der Waals surface area contributed by atoms with Crippen molar-refractivity contribution < 1.29 is 62.1 Å². The summed E-state index contributed by atoms with van der Waals surface area (Å²) in [5.74, 6) is 1.69. The highest BCUT2D eigenvalue weighted by Gasteiger charge is 2.53. The van der Waals surface area contributed by atoms with Gasteiger partial charge >= 0.3 is 18.2 Å². The smallest absolute Gasteiger partial charge is 0.373 e. The van der Waals surface area contributed by atoms with Crippen LogP contribution in [0, 0.1) is 19.3 Å². The summed E-state index contributed by atoms with van der Waals surface area (Å²) in [5, 5.41) is 18.3. The van der Waals surface area contributed by atoms with Crippen molar-refractivity contribution in [3.63, 3.8) is 0 Å². The molecule has 22 heteroatoms. The quantitative estimate of drug-likeness (QED) is 0.0647. The third-order valence-corrected chi connectivity index (χ3v) is 11.1. The molecule has 8 amide bonds. The molecule has 4 aliphatic heterocycles. The van der Waals surface area contributed by atoms with Crippen molar-refractivity contribution in [2.24, 2.45) is 0 Å². The molecule has 0 bridgehead atoms. The first-order valence-corrected chi connectivity index (χ1v) is 20.1. The number of pyridine rings is 2. The number of Topliss-reactive ketones (excluding diaryl/α,β-unsaturated/α-hetero) is 1. The number of rotatable bonds is 8. The van der Waals surface area contributed by atoms with Crippen LogP contribution in [0.3, 0.4) is 0 Å². The van der Waals surface area contributed by atoms with Crippen molar-refractivity contribution in [2.75, 3.05) is 27.3 Å². The minimum absolute atomic E-state index is 0.0864. The van der Waals surface area contributed by atoms with Crippen LogP contribution >= 0.6 is 15.9 Å². The summed E-state index contributed by atoms with van der Waals surface area (Å²) in [6.07, 6.45) is 5.66. The first kappa shape index (κ1) is 47.1. The molecule has 5 aromatic rings. The van der Waals surface area contributed by atoms with Gasteiger partial charge in [0.1, 0.15) is 38.8 Å². The van der Waals surface area contributed by atoms with Crippen LogP contribution in [0.2, 0.25) is 0 Å². The van der Waals surface area contributed by atoms with Crippen molar-refractivity contribution >= 4 is 74.7 Å². The summed E-state index contributed by atoms with van der Waals surface area (Å²) in [6.45, 7) is 3.61. The van der Waals surface area contributed by atoms with Gasteiger partial charge in [-0.2, -0.15) is 9.59 Å². The number of aromatic nitrogens is 2. The predicted molar refractivity (Wildman–Crippen MR) is 229 cm³/mol. The van der Waals surface area contributed by atoms with Gasteiger partial charge in [-0.25, -0.2) is 19.6 Å². The van der Waals surface area contributed by atoms with E-state index >= 15 is 0 Å². The SMILES string of the molecule is C#C[C@]1(CN2Cc3ccc(OC)cc3C2=O)NC(=O)NC1=O.COc1ccc2c(c1)C(=O)N(C[C@@]1(c3cc4nc(C(C)=O)ccc4o3)NC(=O)NC1=O)C2.Cc1ccc(O)c(Br)n1.O=C=O. The highest BCUT2D eigenvalue weighted by atomic mass is 79.9. The number of halogens is 1. The number of nitrogens with zero attached hydrogens (tertiary/aromatic N) is 4. The second kappa shape index (κ2) is 19.1. The van der Waals surface area contributed by atoms with Crippen molar-refractivity contribution in [1.29, 1.82) is 0 Å². The normalized spacial score (nSPS) is 18.7. The van der Waals surface area contributed by atoms with Crippen LogP contribution in [0.15, 0.2) is 75.8 Å². The van der Waals surface area contributed by atoms with Gasteiger partial charge in [0.2, 0.25) is 0 Å². The molecule has 0 radical (unpaired) electrons. The van der Waals surface area contributed by atoms with E-state index in [-0.39, 0.29) is 60.6 Å². The second-order valence-electron chi connectivity index (χ2n) is 14.7. The Labute approximate surface area is 382 Å². The molecule has 2 aromatic carbocycles. The molecule has 2 saturated heterocycles.